The highest BCUT2D eigenvalue weighted by atomic mass is 32.2. The molecule has 1 aromatic carbocycles. The number of H-pyrrole nitrogens is 1. The zero-order valence-electron chi connectivity index (χ0n) is 9.95. The van der Waals surface area contributed by atoms with Crippen LogP contribution in [0.2, 0.25) is 0 Å². The minimum Gasteiger partial charge on any atom is -0.368 e. The van der Waals surface area contributed by atoms with Crippen LogP contribution in [0, 0.1) is 0 Å². The fourth-order valence-corrected chi connectivity index (χ4v) is 2.08. The minimum absolute atomic E-state index is 0.226. The van der Waals surface area contributed by atoms with Crippen molar-refractivity contribution in [3.05, 3.63) is 24.3 Å². The average molecular weight is 267 g/mol. The average Bonchev–Trinajstić information content (AvgIpc) is 2.74. The summed E-state index contributed by atoms with van der Waals surface area (Å²) in [5.74, 6) is 0.643. The highest BCUT2D eigenvalue weighted by Crippen LogP contribution is 2.21. The lowest BCUT2D eigenvalue weighted by Crippen LogP contribution is -2.11. The van der Waals surface area contributed by atoms with Crippen molar-refractivity contribution < 1.29 is 8.42 Å². The molecule has 2 aromatic rings. The van der Waals surface area contributed by atoms with Crippen molar-refractivity contribution in [2.75, 3.05) is 23.9 Å². The summed E-state index contributed by atoms with van der Waals surface area (Å²) in [6, 6.07) is 6.44. The van der Waals surface area contributed by atoms with Gasteiger partial charge in [-0.1, -0.05) is 0 Å². The number of hydrogen-bond donors (Lipinski definition) is 2. The number of nitrogens with zero attached hydrogens (tertiary/aromatic N) is 3. The first-order valence-corrected chi connectivity index (χ1v) is 6.99. The van der Waals surface area contributed by atoms with Crippen molar-refractivity contribution >= 4 is 27.4 Å². The van der Waals surface area contributed by atoms with E-state index < -0.39 is 9.84 Å². The molecule has 0 atom stereocenters. The Morgan fingerprint density at radius 1 is 1.28 bits per heavy atom. The lowest BCUT2D eigenvalue weighted by molar-refractivity contribution is 0.602. The molecule has 8 heteroatoms. The van der Waals surface area contributed by atoms with Crippen LogP contribution in [-0.4, -0.2) is 36.9 Å². The van der Waals surface area contributed by atoms with Gasteiger partial charge in [-0.2, -0.15) is 4.98 Å². The number of sulfone groups is 1. The van der Waals surface area contributed by atoms with Gasteiger partial charge in [-0.15, -0.1) is 5.10 Å². The third-order valence-electron chi connectivity index (χ3n) is 2.44. The molecule has 3 N–H and O–H groups in total. The van der Waals surface area contributed by atoms with E-state index in [1.54, 1.807) is 24.1 Å². The van der Waals surface area contributed by atoms with Gasteiger partial charge in [0, 0.05) is 19.0 Å². The number of nitrogens with two attached hydrogens (primary N) is 1. The topological polar surface area (TPSA) is 105 Å². The van der Waals surface area contributed by atoms with Crippen LogP contribution < -0.4 is 10.6 Å². The van der Waals surface area contributed by atoms with Gasteiger partial charge in [0.2, 0.25) is 5.95 Å². The summed E-state index contributed by atoms with van der Waals surface area (Å²) in [7, 11) is -1.42. The van der Waals surface area contributed by atoms with Crippen LogP contribution in [-0.2, 0) is 9.84 Å². The molecule has 0 aliphatic heterocycles. The van der Waals surface area contributed by atoms with E-state index in [9.17, 15) is 8.42 Å². The first-order chi connectivity index (χ1) is 8.38. The minimum atomic E-state index is -3.18. The number of rotatable bonds is 3. The molecule has 0 radical (unpaired) electrons. The van der Waals surface area contributed by atoms with E-state index in [1.807, 2.05) is 0 Å². The molecule has 96 valence electrons. The number of aromatic nitrogens is 3. The van der Waals surface area contributed by atoms with Gasteiger partial charge in [-0.05, 0) is 24.3 Å². The summed E-state index contributed by atoms with van der Waals surface area (Å²) in [6.07, 6.45) is 1.17. The maximum Gasteiger partial charge on any atom is 0.250 e. The predicted molar refractivity (Wildman–Crippen MR) is 68.4 cm³/mol. The number of nitrogen functional groups attached to an aromatic ring is 1. The number of hydrogen-bond acceptors (Lipinski definition) is 6. The lowest BCUT2D eigenvalue weighted by atomic mass is 10.3. The quantitative estimate of drug-likeness (QED) is 0.841. The molecule has 1 heterocycles. The summed E-state index contributed by atoms with van der Waals surface area (Å²) in [6.45, 7) is 0. The van der Waals surface area contributed by atoms with E-state index in [-0.39, 0.29) is 10.8 Å². The van der Waals surface area contributed by atoms with Crippen LogP contribution in [0.5, 0.6) is 0 Å². The third-order valence-corrected chi connectivity index (χ3v) is 3.57. The molecule has 0 saturated carbocycles. The summed E-state index contributed by atoms with van der Waals surface area (Å²) >= 11 is 0. The Kier molecular flexibility index (Phi) is 2.95. The van der Waals surface area contributed by atoms with Gasteiger partial charge < -0.3 is 10.6 Å². The third kappa shape index (κ3) is 2.43. The molecule has 0 amide bonds. The zero-order chi connectivity index (χ0) is 13.3. The molecule has 0 fully saturated rings. The SMILES string of the molecule is CN(c1ccc(S(C)(=O)=O)cc1)c1n[nH]c(N)n1. The van der Waals surface area contributed by atoms with Gasteiger partial charge in [0.05, 0.1) is 4.90 Å². The first kappa shape index (κ1) is 12.4. The fourth-order valence-electron chi connectivity index (χ4n) is 1.45. The highest BCUT2D eigenvalue weighted by molar-refractivity contribution is 7.90. The number of anilines is 3. The normalized spacial score (nSPS) is 11.4. The van der Waals surface area contributed by atoms with E-state index in [2.05, 4.69) is 15.2 Å². The standard InChI is InChI=1S/C10H13N5O2S/c1-15(10-12-9(11)13-14-10)7-3-5-8(6-4-7)18(2,16)17/h3-6H,1-2H3,(H3,11,12,13,14). The largest absolute Gasteiger partial charge is 0.368 e. The molecule has 2 rings (SSSR count). The van der Waals surface area contributed by atoms with Gasteiger partial charge in [-0.3, -0.25) is 0 Å². The molecule has 18 heavy (non-hydrogen) atoms. The van der Waals surface area contributed by atoms with Crippen molar-refractivity contribution in [1.82, 2.24) is 15.2 Å². The van der Waals surface area contributed by atoms with Gasteiger partial charge in [-0.25, -0.2) is 13.5 Å². The van der Waals surface area contributed by atoms with Gasteiger partial charge in [0.15, 0.2) is 9.84 Å². The maximum atomic E-state index is 11.3. The van der Waals surface area contributed by atoms with Crippen LogP contribution in [0.3, 0.4) is 0 Å². The van der Waals surface area contributed by atoms with Crippen LogP contribution in [0.4, 0.5) is 17.6 Å². The molecule has 0 aliphatic carbocycles. The fraction of sp³-hybridized carbons (Fsp3) is 0.200. The summed E-state index contributed by atoms with van der Waals surface area (Å²) < 4.78 is 22.7. The monoisotopic (exact) mass is 267 g/mol. The smallest absolute Gasteiger partial charge is 0.250 e. The molecule has 0 unspecified atom stereocenters. The Balaban J connectivity index is 2.30. The number of benzene rings is 1. The van der Waals surface area contributed by atoms with Crippen molar-refractivity contribution in [1.29, 1.82) is 0 Å². The molecule has 0 aliphatic rings. The number of nitrogens with one attached hydrogen (secondary N) is 1. The Hall–Kier alpha value is -2.09. The van der Waals surface area contributed by atoms with Crippen molar-refractivity contribution in [2.45, 2.75) is 4.90 Å². The summed E-state index contributed by atoms with van der Waals surface area (Å²) in [4.78, 5) is 5.94. The second kappa shape index (κ2) is 4.30. The van der Waals surface area contributed by atoms with E-state index in [4.69, 9.17) is 5.73 Å². The van der Waals surface area contributed by atoms with Crippen LogP contribution in [0.15, 0.2) is 29.2 Å². The molecule has 0 bridgehead atoms. The Morgan fingerprint density at radius 3 is 2.33 bits per heavy atom. The van der Waals surface area contributed by atoms with E-state index in [0.717, 1.165) is 5.69 Å². The van der Waals surface area contributed by atoms with Crippen molar-refractivity contribution in [2.24, 2.45) is 0 Å². The Labute approximate surface area is 105 Å². The van der Waals surface area contributed by atoms with E-state index >= 15 is 0 Å². The van der Waals surface area contributed by atoms with E-state index in [1.165, 1.54) is 18.4 Å². The molecular weight excluding hydrogens is 254 g/mol. The number of aromatic amines is 1. The van der Waals surface area contributed by atoms with Gasteiger partial charge in [0.25, 0.3) is 5.95 Å². The second-order valence-electron chi connectivity index (χ2n) is 3.85. The zero-order valence-corrected chi connectivity index (χ0v) is 10.8. The summed E-state index contributed by atoms with van der Waals surface area (Å²) in [5.41, 5.74) is 6.21. The summed E-state index contributed by atoms with van der Waals surface area (Å²) in [5, 5.41) is 6.44. The maximum absolute atomic E-state index is 11.3. The van der Waals surface area contributed by atoms with Crippen LogP contribution in [0.25, 0.3) is 0 Å². The molecular formula is C10H13N5O2S. The van der Waals surface area contributed by atoms with Crippen molar-refractivity contribution in [3.63, 3.8) is 0 Å². The first-order valence-electron chi connectivity index (χ1n) is 5.09. The predicted octanol–water partition coefficient (Wildman–Crippen LogP) is 0.558. The van der Waals surface area contributed by atoms with Crippen LogP contribution >= 0.6 is 0 Å². The van der Waals surface area contributed by atoms with Crippen molar-refractivity contribution in [3.8, 4) is 0 Å². The molecule has 0 spiro atoms. The van der Waals surface area contributed by atoms with Crippen LogP contribution in [0.1, 0.15) is 0 Å². The Morgan fingerprint density at radius 2 is 1.89 bits per heavy atom. The lowest BCUT2D eigenvalue weighted by Gasteiger charge is -2.14. The molecule has 7 nitrogen and oxygen atoms in total. The second-order valence-corrected chi connectivity index (χ2v) is 5.86. The molecule has 0 saturated heterocycles. The molecule has 1 aromatic heterocycles. The van der Waals surface area contributed by atoms with Gasteiger partial charge in [0.1, 0.15) is 0 Å². The van der Waals surface area contributed by atoms with Gasteiger partial charge >= 0.3 is 0 Å². The highest BCUT2D eigenvalue weighted by Gasteiger charge is 2.11. The van der Waals surface area contributed by atoms with E-state index in [0.29, 0.717) is 5.95 Å². The Bertz CT molecular complexity index is 647.